The van der Waals surface area contributed by atoms with Crippen molar-refractivity contribution in [2.75, 3.05) is 11.6 Å². The summed E-state index contributed by atoms with van der Waals surface area (Å²) in [4.78, 5) is 0. The number of para-hydroxylation sites is 1. The number of thiocarbonyl (C=S) groups is 1. The zero-order chi connectivity index (χ0) is 9.97. The van der Waals surface area contributed by atoms with Crippen molar-refractivity contribution in [3.63, 3.8) is 0 Å². The van der Waals surface area contributed by atoms with Crippen molar-refractivity contribution in [3.05, 3.63) is 30.3 Å². The van der Waals surface area contributed by atoms with Gasteiger partial charge in [0.1, 0.15) is 0 Å². The first-order valence-corrected chi connectivity index (χ1v) is 4.91. The van der Waals surface area contributed by atoms with Crippen molar-refractivity contribution in [1.82, 2.24) is 16.1 Å². The minimum absolute atomic E-state index is 0.665. The minimum Gasteiger partial charge on any atom is -0.279 e. The monoisotopic (exact) mass is 208 g/mol. The summed E-state index contributed by atoms with van der Waals surface area (Å²) in [5, 5.41) is 4.33. The molecular weight excluding hydrogens is 196 g/mol. The molecule has 1 heterocycles. The van der Waals surface area contributed by atoms with E-state index in [2.05, 4.69) is 11.0 Å². The molecule has 0 unspecified atom stereocenters. The smallest absolute Gasteiger partial charge is 0.205 e. The number of rotatable bonds is 2. The second-order valence-electron chi connectivity index (χ2n) is 2.93. The van der Waals surface area contributed by atoms with Crippen molar-refractivity contribution in [2.24, 2.45) is 0 Å². The standard InChI is InChI=1S/C9H12N4S/c1-2-12-10-9(14)13(11-12)8-6-4-3-5-7-8/h3-7,11H,2H2,1H3,(H,10,14). The van der Waals surface area contributed by atoms with Crippen molar-refractivity contribution in [1.29, 1.82) is 0 Å². The topological polar surface area (TPSA) is 30.5 Å². The van der Waals surface area contributed by atoms with E-state index in [9.17, 15) is 0 Å². The van der Waals surface area contributed by atoms with Crippen LogP contribution in [-0.2, 0) is 0 Å². The maximum atomic E-state index is 5.18. The molecule has 1 aliphatic rings. The maximum absolute atomic E-state index is 5.18. The Morgan fingerprint density at radius 1 is 1.29 bits per heavy atom. The van der Waals surface area contributed by atoms with E-state index in [0.29, 0.717) is 5.11 Å². The fourth-order valence-corrected chi connectivity index (χ4v) is 1.51. The van der Waals surface area contributed by atoms with Gasteiger partial charge in [-0.3, -0.25) is 5.43 Å². The Hall–Kier alpha value is -1.17. The largest absolute Gasteiger partial charge is 0.279 e. The second-order valence-corrected chi connectivity index (χ2v) is 3.32. The van der Waals surface area contributed by atoms with Crippen LogP contribution in [0, 0.1) is 0 Å². The molecule has 0 spiro atoms. The van der Waals surface area contributed by atoms with Crippen LogP contribution in [0.15, 0.2) is 30.3 Å². The van der Waals surface area contributed by atoms with Crippen molar-refractivity contribution in [2.45, 2.75) is 6.92 Å². The van der Waals surface area contributed by atoms with Crippen molar-refractivity contribution in [3.8, 4) is 0 Å². The molecule has 2 rings (SSSR count). The quantitative estimate of drug-likeness (QED) is 0.709. The highest BCUT2D eigenvalue weighted by Gasteiger charge is 2.22. The van der Waals surface area contributed by atoms with E-state index < -0.39 is 0 Å². The first kappa shape index (κ1) is 9.39. The molecule has 1 aromatic carbocycles. The van der Waals surface area contributed by atoms with Gasteiger partial charge >= 0.3 is 0 Å². The first-order chi connectivity index (χ1) is 6.81. The average Bonchev–Trinajstić information content (AvgIpc) is 2.61. The van der Waals surface area contributed by atoms with Gasteiger partial charge in [-0.05, 0) is 31.3 Å². The van der Waals surface area contributed by atoms with E-state index in [1.165, 1.54) is 0 Å². The summed E-state index contributed by atoms with van der Waals surface area (Å²) >= 11 is 5.18. The summed E-state index contributed by atoms with van der Waals surface area (Å²) in [7, 11) is 0. The highest BCUT2D eigenvalue weighted by atomic mass is 32.1. The van der Waals surface area contributed by atoms with Crippen molar-refractivity contribution >= 4 is 23.0 Å². The van der Waals surface area contributed by atoms with Crippen LogP contribution in [-0.4, -0.2) is 16.8 Å². The predicted octanol–water partition coefficient (Wildman–Crippen LogP) is 1.04. The Morgan fingerprint density at radius 3 is 2.57 bits per heavy atom. The average molecular weight is 208 g/mol. The van der Waals surface area contributed by atoms with Gasteiger partial charge in [-0.2, -0.15) is 0 Å². The Bertz CT molecular complexity index is 327. The normalized spacial score (nSPS) is 17.2. The van der Waals surface area contributed by atoms with Gasteiger partial charge in [0.2, 0.25) is 5.11 Å². The van der Waals surface area contributed by atoms with Gasteiger partial charge in [-0.1, -0.05) is 18.2 Å². The fourth-order valence-electron chi connectivity index (χ4n) is 1.26. The van der Waals surface area contributed by atoms with Crippen LogP contribution in [0.25, 0.3) is 0 Å². The molecule has 0 bridgehead atoms. The molecule has 5 heteroatoms. The lowest BCUT2D eigenvalue weighted by atomic mass is 10.3. The molecule has 1 aromatic rings. The molecule has 0 saturated carbocycles. The van der Waals surface area contributed by atoms with E-state index in [1.54, 1.807) is 0 Å². The number of hydrogen-bond acceptors (Lipinski definition) is 3. The molecule has 0 aromatic heterocycles. The highest BCUT2D eigenvalue weighted by Crippen LogP contribution is 2.13. The number of benzene rings is 1. The molecule has 4 nitrogen and oxygen atoms in total. The molecular formula is C9H12N4S. The molecule has 1 fully saturated rings. The predicted molar refractivity (Wildman–Crippen MR) is 60.2 cm³/mol. The molecule has 1 aliphatic heterocycles. The molecule has 1 saturated heterocycles. The summed E-state index contributed by atoms with van der Waals surface area (Å²) < 4.78 is 0. The Morgan fingerprint density at radius 2 is 2.00 bits per heavy atom. The van der Waals surface area contributed by atoms with Crippen LogP contribution in [0.2, 0.25) is 0 Å². The van der Waals surface area contributed by atoms with Crippen LogP contribution in [0.3, 0.4) is 0 Å². The number of nitrogens with zero attached hydrogens (tertiary/aromatic N) is 2. The summed E-state index contributed by atoms with van der Waals surface area (Å²) in [5.74, 6) is 0. The van der Waals surface area contributed by atoms with Gasteiger partial charge in [0.15, 0.2) is 0 Å². The SMILES string of the molecule is CCN1NC(=S)N(c2ccccc2)N1. The van der Waals surface area contributed by atoms with E-state index in [1.807, 2.05) is 47.4 Å². The van der Waals surface area contributed by atoms with E-state index in [-0.39, 0.29) is 0 Å². The Labute approximate surface area is 88.4 Å². The fraction of sp³-hybridized carbons (Fsp3) is 0.222. The maximum Gasteiger partial charge on any atom is 0.205 e. The third kappa shape index (κ3) is 1.70. The van der Waals surface area contributed by atoms with E-state index in [4.69, 9.17) is 12.2 Å². The minimum atomic E-state index is 0.665. The third-order valence-electron chi connectivity index (χ3n) is 1.99. The number of nitrogens with one attached hydrogen (secondary N) is 2. The van der Waals surface area contributed by atoms with Crippen LogP contribution in [0.1, 0.15) is 6.92 Å². The van der Waals surface area contributed by atoms with Crippen LogP contribution >= 0.6 is 12.2 Å². The van der Waals surface area contributed by atoms with Gasteiger partial charge in [-0.15, -0.1) is 10.7 Å². The van der Waals surface area contributed by atoms with Gasteiger partial charge in [0, 0.05) is 6.54 Å². The molecule has 2 N–H and O–H groups in total. The number of hydrazine groups is 3. The van der Waals surface area contributed by atoms with E-state index >= 15 is 0 Å². The lowest BCUT2D eigenvalue weighted by molar-refractivity contribution is 0.200. The summed E-state index contributed by atoms with van der Waals surface area (Å²) in [5.41, 5.74) is 7.18. The zero-order valence-electron chi connectivity index (χ0n) is 7.90. The number of anilines is 1. The molecule has 14 heavy (non-hydrogen) atoms. The lowest BCUT2D eigenvalue weighted by Gasteiger charge is -2.16. The summed E-state index contributed by atoms with van der Waals surface area (Å²) in [6.07, 6.45) is 0. The Balaban J connectivity index is 2.17. The van der Waals surface area contributed by atoms with Gasteiger partial charge in [0.05, 0.1) is 5.69 Å². The highest BCUT2D eigenvalue weighted by molar-refractivity contribution is 7.80. The Kier molecular flexibility index (Phi) is 2.62. The number of hydrogen-bond donors (Lipinski definition) is 2. The summed E-state index contributed by atoms with van der Waals surface area (Å²) in [6.45, 7) is 2.88. The lowest BCUT2D eigenvalue weighted by Crippen LogP contribution is -2.41. The van der Waals surface area contributed by atoms with Crippen molar-refractivity contribution < 1.29 is 0 Å². The molecule has 0 radical (unpaired) electrons. The van der Waals surface area contributed by atoms with Crippen LogP contribution in [0.4, 0.5) is 5.69 Å². The van der Waals surface area contributed by atoms with E-state index in [0.717, 1.165) is 12.2 Å². The molecule has 0 aliphatic carbocycles. The van der Waals surface area contributed by atoms with Gasteiger partial charge in [0.25, 0.3) is 0 Å². The van der Waals surface area contributed by atoms with Gasteiger partial charge < -0.3 is 0 Å². The zero-order valence-corrected chi connectivity index (χ0v) is 8.71. The van der Waals surface area contributed by atoms with Crippen LogP contribution in [0.5, 0.6) is 0 Å². The first-order valence-electron chi connectivity index (χ1n) is 4.51. The third-order valence-corrected chi connectivity index (χ3v) is 2.26. The molecule has 0 amide bonds. The summed E-state index contributed by atoms with van der Waals surface area (Å²) in [6, 6.07) is 9.94. The molecule has 0 atom stereocenters. The molecule has 74 valence electrons. The van der Waals surface area contributed by atoms with Crippen LogP contribution < -0.4 is 16.0 Å². The second kappa shape index (κ2) is 3.91. The van der Waals surface area contributed by atoms with Gasteiger partial charge in [-0.25, -0.2) is 5.01 Å².